The smallest absolute Gasteiger partial charge is 0.323 e. The van der Waals surface area contributed by atoms with Crippen LogP contribution in [0.4, 0.5) is 21.9 Å². The predicted octanol–water partition coefficient (Wildman–Crippen LogP) is 6.90. The van der Waals surface area contributed by atoms with E-state index in [0.29, 0.717) is 39.4 Å². The number of ether oxygens (including phenoxy) is 1. The number of carbonyl (C=O) groups is 3. The lowest BCUT2D eigenvalue weighted by Gasteiger charge is -2.17. The van der Waals surface area contributed by atoms with Gasteiger partial charge in [0.15, 0.2) is 0 Å². The number of anilines is 3. The molecule has 1 aliphatic heterocycles. The zero-order valence-electron chi connectivity index (χ0n) is 23.3. The first-order valence-electron chi connectivity index (χ1n) is 13.1. The van der Waals surface area contributed by atoms with E-state index >= 15 is 0 Å². The molecule has 0 atom stereocenters. The number of methoxy groups -OCH3 is 1. The fourth-order valence-corrected chi connectivity index (χ4v) is 5.14. The number of nitrogens with zero attached hydrogens (tertiary/aromatic N) is 1. The van der Waals surface area contributed by atoms with Crippen molar-refractivity contribution in [2.24, 2.45) is 5.92 Å². The third kappa shape index (κ3) is 7.04. The Kier molecular flexibility index (Phi) is 9.16. The second-order valence-electron chi connectivity index (χ2n) is 10.2. The summed E-state index contributed by atoms with van der Waals surface area (Å²) in [5.41, 5.74) is 3.30. The molecule has 4 amide bonds. The van der Waals surface area contributed by atoms with Crippen LogP contribution in [0.15, 0.2) is 88.3 Å². The first kappa shape index (κ1) is 28.8. The molecule has 0 radical (unpaired) electrons. The van der Waals surface area contributed by atoms with E-state index in [9.17, 15) is 14.4 Å². The molecular weight excluding hydrogens is 524 g/mol. The molecule has 1 aliphatic rings. The van der Waals surface area contributed by atoms with Crippen LogP contribution >= 0.6 is 11.8 Å². The molecule has 3 N–H and O–H groups in total. The Morgan fingerprint density at radius 2 is 1.50 bits per heavy atom. The minimum atomic E-state index is -0.419. The maximum absolute atomic E-state index is 13.4. The van der Waals surface area contributed by atoms with Crippen LogP contribution < -0.4 is 20.7 Å². The van der Waals surface area contributed by atoms with E-state index in [2.05, 4.69) is 29.8 Å². The summed E-state index contributed by atoms with van der Waals surface area (Å²) in [4.78, 5) is 41.7. The van der Waals surface area contributed by atoms with Crippen molar-refractivity contribution in [2.75, 3.05) is 29.6 Å². The molecular formula is C31H34N4O4S. The van der Waals surface area contributed by atoms with Crippen molar-refractivity contribution < 1.29 is 19.1 Å². The third-order valence-corrected chi connectivity index (χ3v) is 7.23. The summed E-state index contributed by atoms with van der Waals surface area (Å²) in [6.45, 7) is 8.50. The minimum absolute atomic E-state index is 0.124. The van der Waals surface area contributed by atoms with Crippen molar-refractivity contribution in [1.29, 1.82) is 0 Å². The molecule has 208 valence electrons. The quantitative estimate of drug-likeness (QED) is 0.234. The molecule has 0 aliphatic carbocycles. The van der Waals surface area contributed by atoms with Crippen molar-refractivity contribution in [1.82, 2.24) is 4.90 Å². The summed E-state index contributed by atoms with van der Waals surface area (Å²) >= 11 is 1.20. The molecule has 40 heavy (non-hydrogen) atoms. The van der Waals surface area contributed by atoms with Crippen molar-refractivity contribution >= 4 is 46.7 Å². The van der Waals surface area contributed by atoms with Gasteiger partial charge < -0.3 is 20.7 Å². The predicted molar refractivity (Wildman–Crippen MR) is 161 cm³/mol. The fraction of sp³-hybridized carbons (Fsp3) is 0.258. The first-order valence-corrected chi connectivity index (χ1v) is 13.9. The van der Waals surface area contributed by atoms with Gasteiger partial charge in [-0.1, -0.05) is 63.7 Å². The third-order valence-electron chi connectivity index (χ3n) is 6.16. The van der Waals surface area contributed by atoms with Gasteiger partial charge in [-0.05, 0) is 59.9 Å². The highest BCUT2D eigenvalue weighted by Gasteiger charge is 2.39. The van der Waals surface area contributed by atoms with Crippen LogP contribution in [0.25, 0.3) is 0 Å². The number of hydrogen-bond donors (Lipinski definition) is 3. The number of urea groups is 1. The first-order chi connectivity index (χ1) is 19.1. The number of nitrogens with one attached hydrogen (secondary N) is 3. The Morgan fingerprint density at radius 3 is 2.12 bits per heavy atom. The van der Waals surface area contributed by atoms with E-state index in [0.717, 1.165) is 5.69 Å². The number of thioether (sulfide) groups is 1. The average molecular weight is 559 g/mol. The number of hydrogen-bond acceptors (Lipinski definition) is 6. The van der Waals surface area contributed by atoms with Gasteiger partial charge in [0.2, 0.25) is 0 Å². The number of rotatable bonds is 10. The zero-order valence-corrected chi connectivity index (χ0v) is 24.1. The molecule has 0 saturated heterocycles. The van der Waals surface area contributed by atoms with Gasteiger partial charge in [0.25, 0.3) is 11.8 Å². The largest absolute Gasteiger partial charge is 0.497 e. The summed E-state index contributed by atoms with van der Waals surface area (Å²) in [7, 11) is 1.56. The molecule has 0 bridgehead atoms. The molecule has 0 spiro atoms. The zero-order chi connectivity index (χ0) is 28.8. The summed E-state index contributed by atoms with van der Waals surface area (Å²) in [6.07, 6.45) is 0. The lowest BCUT2D eigenvalue weighted by Crippen LogP contribution is -2.35. The molecule has 0 saturated carbocycles. The van der Waals surface area contributed by atoms with Crippen molar-refractivity contribution in [2.45, 2.75) is 38.5 Å². The van der Waals surface area contributed by atoms with E-state index in [1.165, 1.54) is 22.2 Å². The molecule has 8 nitrogen and oxygen atoms in total. The summed E-state index contributed by atoms with van der Waals surface area (Å²) in [5, 5.41) is 8.79. The van der Waals surface area contributed by atoms with Gasteiger partial charge in [-0.3, -0.25) is 14.5 Å². The van der Waals surface area contributed by atoms with Gasteiger partial charge in [-0.2, -0.15) is 0 Å². The Labute approximate surface area is 239 Å². The Hall–Kier alpha value is -4.24. The van der Waals surface area contributed by atoms with E-state index in [4.69, 9.17) is 4.74 Å². The van der Waals surface area contributed by atoms with Gasteiger partial charge >= 0.3 is 6.03 Å². The van der Waals surface area contributed by atoms with E-state index in [1.807, 2.05) is 44.2 Å². The van der Waals surface area contributed by atoms with Crippen molar-refractivity contribution in [3.05, 3.63) is 89.0 Å². The topological polar surface area (TPSA) is 99.8 Å². The number of benzene rings is 3. The lowest BCUT2D eigenvalue weighted by atomic mass is 10.0. The van der Waals surface area contributed by atoms with E-state index in [-0.39, 0.29) is 23.4 Å². The molecule has 1 heterocycles. The SMILES string of the molecule is COc1cccc(NC(=O)Nc2cccc(SC3=C(Nc4ccc(C(C)C)cc4)C(=O)N(CC(C)C)C3=O)c2)c1. The summed E-state index contributed by atoms with van der Waals surface area (Å²) in [6, 6.07) is 21.6. The molecule has 0 aromatic heterocycles. The van der Waals surface area contributed by atoms with Crippen LogP contribution in [0.2, 0.25) is 0 Å². The highest BCUT2D eigenvalue weighted by molar-refractivity contribution is 8.04. The van der Waals surface area contributed by atoms with Crippen molar-refractivity contribution in [3.8, 4) is 5.75 Å². The van der Waals surface area contributed by atoms with Crippen LogP contribution in [0.5, 0.6) is 5.75 Å². The Morgan fingerprint density at radius 1 is 0.850 bits per heavy atom. The molecule has 3 aromatic carbocycles. The van der Waals surface area contributed by atoms with Gasteiger partial charge in [0.05, 0.1) is 7.11 Å². The lowest BCUT2D eigenvalue weighted by molar-refractivity contribution is -0.137. The minimum Gasteiger partial charge on any atom is -0.497 e. The highest BCUT2D eigenvalue weighted by atomic mass is 32.2. The second-order valence-corrected chi connectivity index (χ2v) is 11.2. The van der Waals surface area contributed by atoms with Gasteiger partial charge in [-0.25, -0.2) is 4.79 Å². The van der Waals surface area contributed by atoms with Gasteiger partial charge in [0, 0.05) is 34.6 Å². The van der Waals surface area contributed by atoms with Crippen LogP contribution in [0.3, 0.4) is 0 Å². The molecule has 0 fully saturated rings. The fourth-order valence-electron chi connectivity index (χ4n) is 4.13. The van der Waals surface area contributed by atoms with E-state index < -0.39 is 6.03 Å². The normalized spacial score (nSPS) is 13.3. The van der Waals surface area contributed by atoms with Crippen LogP contribution in [0.1, 0.15) is 39.2 Å². The molecule has 0 unspecified atom stereocenters. The maximum atomic E-state index is 13.4. The number of carbonyl (C=O) groups excluding carboxylic acids is 3. The Bertz CT molecular complexity index is 1430. The molecule has 9 heteroatoms. The van der Waals surface area contributed by atoms with Crippen LogP contribution in [0, 0.1) is 5.92 Å². The van der Waals surface area contributed by atoms with Gasteiger partial charge in [-0.15, -0.1) is 0 Å². The molecule has 3 aromatic rings. The summed E-state index contributed by atoms with van der Waals surface area (Å²) < 4.78 is 5.20. The van der Waals surface area contributed by atoms with E-state index in [1.54, 1.807) is 49.6 Å². The Balaban J connectivity index is 1.55. The maximum Gasteiger partial charge on any atom is 0.323 e. The summed E-state index contributed by atoms with van der Waals surface area (Å²) in [5.74, 6) is 0.459. The van der Waals surface area contributed by atoms with Crippen LogP contribution in [-0.4, -0.2) is 36.4 Å². The van der Waals surface area contributed by atoms with Crippen LogP contribution in [-0.2, 0) is 9.59 Å². The number of amides is 4. The standard InChI is InChI=1S/C31H34N4O4S/c1-19(2)18-35-29(36)27(32-22-14-12-21(13-15-22)20(3)4)28(30(35)37)40-26-11-7-9-24(17-26)34-31(38)33-23-8-6-10-25(16-23)39-5/h6-17,19-20,32H,18H2,1-5H3,(H2,33,34,38). The number of imide groups is 1. The average Bonchev–Trinajstić information content (AvgIpc) is 3.12. The molecule has 4 rings (SSSR count). The van der Waals surface area contributed by atoms with Gasteiger partial charge in [0.1, 0.15) is 16.4 Å². The monoisotopic (exact) mass is 558 g/mol. The highest BCUT2D eigenvalue weighted by Crippen LogP contribution is 2.37. The second kappa shape index (κ2) is 12.7. The van der Waals surface area contributed by atoms with Crippen molar-refractivity contribution in [3.63, 3.8) is 0 Å².